The number of aromatic nitrogens is 1. The molecule has 0 spiro atoms. The highest BCUT2D eigenvalue weighted by Crippen LogP contribution is 2.24. The molecule has 0 N–H and O–H groups in total. The van der Waals surface area contributed by atoms with Gasteiger partial charge < -0.3 is 9.64 Å². The lowest BCUT2D eigenvalue weighted by atomic mass is 10.1. The molecule has 24 heavy (non-hydrogen) atoms. The summed E-state index contributed by atoms with van der Waals surface area (Å²) in [6.07, 6.45) is 4.83. The average molecular weight is 344 g/mol. The summed E-state index contributed by atoms with van der Waals surface area (Å²) in [6, 6.07) is 7.22. The van der Waals surface area contributed by atoms with Crippen molar-refractivity contribution in [3.8, 4) is 5.75 Å². The molecule has 126 valence electrons. The lowest BCUT2D eigenvalue weighted by molar-refractivity contribution is -0.138. The van der Waals surface area contributed by atoms with Gasteiger partial charge in [-0.2, -0.15) is 0 Å². The van der Waals surface area contributed by atoms with Crippen LogP contribution in [0, 0.1) is 0 Å². The van der Waals surface area contributed by atoms with Crippen molar-refractivity contribution < 1.29 is 14.3 Å². The van der Waals surface area contributed by atoms with Crippen molar-refractivity contribution in [3.05, 3.63) is 46.9 Å². The van der Waals surface area contributed by atoms with Crippen LogP contribution in [0.2, 0.25) is 0 Å². The molecule has 0 unspecified atom stereocenters. The van der Waals surface area contributed by atoms with E-state index >= 15 is 0 Å². The van der Waals surface area contributed by atoms with E-state index in [0.717, 1.165) is 17.7 Å². The number of hydrogen-bond acceptors (Lipinski definition) is 5. The van der Waals surface area contributed by atoms with Crippen LogP contribution in [-0.2, 0) is 4.79 Å². The second kappa shape index (κ2) is 7.57. The molecule has 2 aromatic heterocycles. The Balaban J connectivity index is 1.61. The van der Waals surface area contributed by atoms with E-state index < -0.39 is 6.10 Å². The maximum atomic E-state index is 12.7. The third-order valence-electron chi connectivity index (χ3n) is 4.17. The highest BCUT2D eigenvalue weighted by atomic mass is 32.1. The molecular weight excluding hydrogens is 324 g/mol. The smallest absolute Gasteiger partial charge is 0.263 e. The van der Waals surface area contributed by atoms with Crippen LogP contribution in [0.25, 0.3) is 0 Å². The maximum absolute atomic E-state index is 12.7. The second-order valence-electron chi connectivity index (χ2n) is 5.88. The van der Waals surface area contributed by atoms with Gasteiger partial charge in [0, 0.05) is 25.2 Å². The SMILES string of the molecule is C[C@H](Oc1cccnc1)C(=O)N1CCC[C@H]1CC(=O)c1cccs1. The molecule has 3 rings (SSSR count). The Kier molecular flexibility index (Phi) is 5.25. The first kappa shape index (κ1) is 16.6. The van der Waals surface area contributed by atoms with Gasteiger partial charge in [-0.1, -0.05) is 6.07 Å². The highest BCUT2D eigenvalue weighted by Gasteiger charge is 2.33. The zero-order chi connectivity index (χ0) is 16.9. The summed E-state index contributed by atoms with van der Waals surface area (Å²) in [5.41, 5.74) is 0. The van der Waals surface area contributed by atoms with Gasteiger partial charge in [-0.3, -0.25) is 14.6 Å². The molecule has 2 aromatic rings. The van der Waals surface area contributed by atoms with E-state index in [1.807, 2.05) is 17.5 Å². The molecule has 6 heteroatoms. The minimum absolute atomic E-state index is 0.0351. The Morgan fingerprint density at radius 2 is 2.29 bits per heavy atom. The quantitative estimate of drug-likeness (QED) is 0.755. The van der Waals surface area contributed by atoms with Crippen LogP contribution in [0.3, 0.4) is 0 Å². The summed E-state index contributed by atoms with van der Waals surface area (Å²) < 4.78 is 5.68. The number of pyridine rings is 1. The molecule has 1 aliphatic heterocycles. The molecule has 1 amide bonds. The summed E-state index contributed by atoms with van der Waals surface area (Å²) in [4.78, 5) is 31.6. The van der Waals surface area contributed by atoms with Crippen LogP contribution >= 0.6 is 11.3 Å². The Hall–Kier alpha value is -2.21. The molecule has 3 heterocycles. The summed E-state index contributed by atoms with van der Waals surface area (Å²) in [5.74, 6) is 0.611. The molecule has 1 aliphatic rings. The van der Waals surface area contributed by atoms with Crippen molar-refractivity contribution in [3.63, 3.8) is 0 Å². The van der Waals surface area contributed by atoms with Crippen LogP contribution in [0.4, 0.5) is 0 Å². The summed E-state index contributed by atoms with van der Waals surface area (Å²) in [7, 11) is 0. The van der Waals surface area contributed by atoms with E-state index in [2.05, 4.69) is 4.98 Å². The van der Waals surface area contributed by atoms with E-state index in [1.54, 1.807) is 36.4 Å². The largest absolute Gasteiger partial charge is 0.479 e. The van der Waals surface area contributed by atoms with Crippen molar-refractivity contribution in [2.24, 2.45) is 0 Å². The van der Waals surface area contributed by atoms with Gasteiger partial charge in [0.05, 0.1) is 11.1 Å². The molecule has 1 fully saturated rings. The molecule has 0 bridgehead atoms. The lowest BCUT2D eigenvalue weighted by Crippen LogP contribution is -2.43. The topological polar surface area (TPSA) is 59.5 Å². The van der Waals surface area contributed by atoms with Gasteiger partial charge in [-0.15, -0.1) is 11.3 Å². The van der Waals surface area contributed by atoms with Gasteiger partial charge in [-0.25, -0.2) is 0 Å². The fourth-order valence-electron chi connectivity index (χ4n) is 2.99. The third-order valence-corrected chi connectivity index (χ3v) is 5.08. The maximum Gasteiger partial charge on any atom is 0.263 e. The number of rotatable bonds is 6. The molecule has 2 atom stereocenters. The number of nitrogens with zero attached hydrogens (tertiary/aromatic N) is 2. The molecule has 5 nitrogen and oxygen atoms in total. The predicted molar refractivity (Wildman–Crippen MR) is 92.3 cm³/mol. The van der Waals surface area contributed by atoms with Crippen LogP contribution in [0.15, 0.2) is 42.0 Å². The standard InChI is InChI=1S/C18H20N2O3S/c1-13(23-15-6-2-8-19-12-15)18(22)20-9-3-5-14(20)11-16(21)17-7-4-10-24-17/h2,4,6-8,10,12-14H,3,5,9,11H2,1H3/t13-,14-/m0/s1. The third kappa shape index (κ3) is 3.82. The number of hydrogen-bond donors (Lipinski definition) is 0. The summed E-state index contributed by atoms with van der Waals surface area (Å²) >= 11 is 1.45. The van der Waals surface area contributed by atoms with Crippen LogP contribution in [-0.4, -0.2) is 40.3 Å². The van der Waals surface area contributed by atoms with Crippen molar-refractivity contribution in [2.45, 2.75) is 38.3 Å². The number of Topliss-reactive ketones (excluding diaryl/α,β-unsaturated/α-hetero) is 1. The molecule has 0 aliphatic carbocycles. The highest BCUT2D eigenvalue weighted by molar-refractivity contribution is 7.12. The zero-order valence-electron chi connectivity index (χ0n) is 13.6. The Bertz CT molecular complexity index is 688. The zero-order valence-corrected chi connectivity index (χ0v) is 14.4. The number of thiophene rings is 1. The van der Waals surface area contributed by atoms with Crippen molar-refractivity contribution in [1.29, 1.82) is 0 Å². The number of ketones is 1. The van der Waals surface area contributed by atoms with Crippen molar-refractivity contribution in [1.82, 2.24) is 9.88 Å². The van der Waals surface area contributed by atoms with E-state index in [0.29, 0.717) is 18.7 Å². The van der Waals surface area contributed by atoms with Gasteiger partial charge in [-0.05, 0) is 43.3 Å². The second-order valence-corrected chi connectivity index (χ2v) is 6.83. The summed E-state index contributed by atoms with van der Waals surface area (Å²) in [6.45, 7) is 2.42. The van der Waals surface area contributed by atoms with Gasteiger partial charge in [0.2, 0.25) is 0 Å². The molecule has 1 saturated heterocycles. The van der Waals surface area contributed by atoms with Crippen LogP contribution < -0.4 is 4.74 Å². The van der Waals surface area contributed by atoms with Crippen molar-refractivity contribution >= 4 is 23.0 Å². The first-order valence-corrected chi connectivity index (χ1v) is 8.97. The molecular formula is C18H20N2O3S. The molecule has 0 radical (unpaired) electrons. The number of ether oxygens (including phenoxy) is 1. The van der Waals surface area contributed by atoms with Crippen molar-refractivity contribution in [2.75, 3.05) is 6.54 Å². The first-order chi connectivity index (χ1) is 11.6. The number of likely N-dealkylation sites (tertiary alicyclic amines) is 1. The number of carbonyl (C=O) groups is 2. The Labute approximate surface area is 145 Å². The number of amides is 1. The van der Waals surface area contributed by atoms with Gasteiger partial charge in [0.15, 0.2) is 11.9 Å². The number of carbonyl (C=O) groups excluding carboxylic acids is 2. The summed E-state index contributed by atoms with van der Waals surface area (Å²) in [5, 5.41) is 1.90. The minimum Gasteiger partial charge on any atom is -0.479 e. The van der Waals surface area contributed by atoms with E-state index in [-0.39, 0.29) is 17.7 Å². The predicted octanol–water partition coefficient (Wildman–Crippen LogP) is 3.17. The minimum atomic E-state index is -0.591. The first-order valence-electron chi connectivity index (χ1n) is 8.09. The van der Waals surface area contributed by atoms with Gasteiger partial charge >= 0.3 is 0 Å². The Morgan fingerprint density at radius 3 is 3.00 bits per heavy atom. The lowest BCUT2D eigenvalue weighted by Gasteiger charge is -2.27. The van der Waals surface area contributed by atoms with E-state index in [1.165, 1.54) is 11.3 Å². The van der Waals surface area contributed by atoms with Crippen LogP contribution in [0.1, 0.15) is 35.9 Å². The van der Waals surface area contributed by atoms with Gasteiger partial charge in [0.25, 0.3) is 5.91 Å². The molecule has 0 saturated carbocycles. The fourth-order valence-corrected chi connectivity index (χ4v) is 3.67. The van der Waals surface area contributed by atoms with Gasteiger partial charge in [0.1, 0.15) is 5.75 Å². The van der Waals surface area contributed by atoms with E-state index in [9.17, 15) is 9.59 Å². The van der Waals surface area contributed by atoms with E-state index in [4.69, 9.17) is 4.74 Å². The average Bonchev–Trinajstić information content (AvgIpc) is 3.26. The molecule has 0 aromatic carbocycles. The monoisotopic (exact) mass is 344 g/mol. The normalized spacial score (nSPS) is 18.4. The Morgan fingerprint density at radius 1 is 1.42 bits per heavy atom. The fraction of sp³-hybridized carbons (Fsp3) is 0.389. The van der Waals surface area contributed by atoms with Crippen LogP contribution in [0.5, 0.6) is 5.75 Å².